The fraction of sp³-hybridized carbons (Fsp3) is 0.667. The van der Waals surface area contributed by atoms with Crippen LogP contribution >= 0.6 is 0 Å². The molecule has 1 aromatic rings. The summed E-state index contributed by atoms with van der Waals surface area (Å²) in [7, 11) is 0. The molecule has 86 valence electrons. The number of halogens is 3. The number of nitrogens with zero attached hydrogens (tertiary/aromatic N) is 2. The predicted molar refractivity (Wildman–Crippen MR) is 50.1 cm³/mol. The zero-order chi connectivity index (χ0) is 11.3. The topological polar surface area (TPSA) is 43.8 Å². The van der Waals surface area contributed by atoms with Gasteiger partial charge in [-0.15, -0.1) is 0 Å². The summed E-state index contributed by atoms with van der Waals surface area (Å²) < 4.78 is 37.8. The Hall–Kier alpha value is -1.04. The number of nitrogens with two attached hydrogens (primary N) is 1. The molecule has 0 aromatic carbocycles. The summed E-state index contributed by atoms with van der Waals surface area (Å²) in [5.74, 6) is 0. The van der Waals surface area contributed by atoms with Crippen molar-refractivity contribution >= 4 is 0 Å². The van der Waals surface area contributed by atoms with Crippen LogP contribution < -0.4 is 5.73 Å². The molecule has 6 heteroatoms. The number of aromatic nitrogens is 2. The van der Waals surface area contributed by atoms with Crippen molar-refractivity contribution in [3.8, 4) is 0 Å². The Bertz CT molecular complexity index is 293. The fourth-order valence-corrected chi connectivity index (χ4v) is 1.23. The van der Waals surface area contributed by atoms with Gasteiger partial charge in [-0.05, 0) is 25.5 Å². The molecule has 15 heavy (non-hydrogen) atoms. The Morgan fingerprint density at radius 1 is 1.27 bits per heavy atom. The van der Waals surface area contributed by atoms with Gasteiger partial charge >= 0.3 is 6.18 Å². The summed E-state index contributed by atoms with van der Waals surface area (Å²) in [6.45, 7) is 1.13. The van der Waals surface area contributed by atoms with Crippen molar-refractivity contribution in [3.05, 3.63) is 18.0 Å². The summed E-state index contributed by atoms with van der Waals surface area (Å²) >= 11 is 0. The van der Waals surface area contributed by atoms with E-state index in [1.165, 1.54) is 10.9 Å². The average molecular weight is 221 g/mol. The third-order valence-electron chi connectivity index (χ3n) is 2.02. The minimum atomic E-state index is -4.34. The van der Waals surface area contributed by atoms with E-state index in [0.717, 1.165) is 25.3 Å². The smallest absolute Gasteiger partial charge is 0.330 e. The van der Waals surface area contributed by atoms with Crippen LogP contribution in [-0.2, 0) is 12.7 Å². The number of hydrogen-bond acceptors (Lipinski definition) is 2. The van der Waals surface area contributed by atoms with Gasteiger partial charge in [0.2, 0.25) is 0 Å². The van der Waals surface area contributed by atoms with Crippen molar-refractivity contribution in [3.63, 3.8) is 0 Å². The lowest BCUT2D eigenvalue weighted by Crippen LogP contribution is -2.08. The maximum absolute atomic E-state index is 12.2. The molecule has 0 aliphatic carbocycles. The van der Waals surface area contributed by atoms with E-state index in [-0.39, 0.29) is 0 Å². The minimum Gasteiger partial charge on any atom is -0.330 e. The summed E-state index contributed by atoms with van der Waals surface area (Å²) in [5, 5.41) is 3.44. The summed E-state index contributed by atoms with van der Waals surface area (Å²) in [6.07, 6.45) is -0.380. The Labute approximate surface area is 86.1 Å². The fourth-order valence-electron chi connectivity index (χ4n) is 1.23. The van der Waals surface area contributed by atoms with Crippen LogP contribution in [0.3, 0.4) is 0 Å². The third kappa shape index (κ3) is 3.91. The summed E-state index contributed by atoms with van der Waals surface area (Å²) in [5.41, 5.74) is 4.47. The van der Waals surface area contributed by atoms with Crippen LogP contribution in [0.1, 0.15) is 25.0 Å². The SMILES string of the molecule is NCCCCCn1ccc(C(F)(F)F)n1. The van der Waals surface area contributed by atoms with Crippen LogP contribution in [0.15, 0.2) is 12.3 Å². The molecule has 0 saturated carbocycles. The molecular weight excluding hydrogens is 207 g/mol. The van der Waals surface area contributed by atoms with Gasteiger partial charge < -0.3 is 5.73 Å². The van der Waals surface area contributed by atoms with Crippen molar-refractivity contribution in [2.24, 2.45) is 5.73 Å². The number of rotatable bonds is 5. The maximum atomic E-state index is 12.2. The lowest BCUT2D eigenvalue weighted by atomic mass is 10.2. The van der Waals surface area contributed by atoms with E-state index >= 15 is 0 Å². The van der Waals surface area contributed by atoms with Gasteiger partial charge in [-0.3, -0.25) is 4.68 Å². The Balaban J connectivity index is 2.40. The molecule has 0 amide bonds. The lowest BCUT2D eigenvalue weighted by Gasteiger charge is -2.02. The van der Waals surface area contributed by atoms with Gasteiger partial charge in [0.25, 0.3) is 0 Å². The molecule has 0 unspecified atom stereocenters. The molecule has 0 saturated heterocycles. The molecule has 0 spiro atoms. The van der Waals surface area contributed by atoms with Crippen LogP contribution in [-0.4, -0.2) is 16.3 Å². The lowest BCUT2D eigenvalue weighted by molar-refractivity contribution is -0.141. The van der Waals surface area contributed by atoms with Gasteiger partial charge in [0, 0.05) is 12.7 Å². The molecule has 0 aliphatic heterocycles. The second-order valence-corrected chi connectivity index (χ2v) is 3.31. The molecule has 0 bridgehead atoms. The average Bonchev–Trinajstić information content (AvgIpc) is 2.60. The highest BCUT2D eigenvalue weighted by Gasteiger charge is 2.33. The zero-order valence-electron chi connectivity index (χ0n) is 8.30. The van der Waals surface area contributed by atoms with E-state index < -0.39 is 11.9 Å². The van der Waals surface area contributed by atoms with E-state index in [2.05, 4.69) is 5.10 Å². The van der Waals surface area contributed by atoms with Crippen LogP contribution in [0.5, 0.6) is 0 Å². The minimum absolute atomic E-state index is 0.510. The standard InChI is InChI=1S/C9H14F3N3/c10-9(11,12)8-4-7-15(14-8)6-3-1-2-5-13/h4,7H,1-3,5-6,13H2. The first kappa shape index (κ1) is 12.0. The van der Waals surface area contributed by atoms with Crippen LogP contribution in [0.4, 0.5) is 13.2 Å². The largest absolute Gasteiger partial charge is 0.435 e. The highest BCUT2D eigenvalue weighted by atomic mass is 19.4. The first-order valence-electron chi connectivity index (χ1n) is 4.85. The Morgan fingerprint density at radius 2 is 2.00 bits per heavy atom. The zero-order valence-corrected chi connectivity index (χ0v) is 8.30. The molecule has 1 rings (SSSR count). The first-order chi connectivity index (χ1) is 7.04. The molecule has 1 aromatic heterocycles. The van der Waals surface area contributed by atoms with E-state index in [1.807, 2.05) is 0 Å². The van der Waals surface area contributed by atoms with Crippen molar-refractivity contribution in [1.82, 2.24) is 9.78 Å². The molecular formula is C9H14F3N3. The van der Waals surface area contributed by atoms with Crippen molar-refractivity contribution in [2.75, 3.05) is 6.54 Å². The normalized spacial score (nSPS) is 12.0. The summed E-state index contributed by atoms with van der Waals surface area (Å²) in [6, 6.07) is 0.989. The third-order valence-corrected chi connectivity index (χ3v) is 2.02. The van der Waals surface area contributed by atoms with Crippen LogP contribution in [0.2, 0.25) is 0 Å². The van der Waals surface area contributed by atoms with Gasteiger partial charge in [-0.2, -0.15) is 18.3 Å². The highest BCUT2D eigenvalue weighted by molar-refractivity contribution is 5.02. The molecule has 2 N–H and O–H groups in total. The monoisotopic (exact) mass is 221 g/mol. The summed E-state index contributed by atoms with van der Waals surface area (Å²) in [4.78, 5) is 0. The quantitative estimate of drug-likeness (QED) is 0.773. The Morgan fingerprint density at radius 3 is 2.53 bits per heavy atom. The van der Waals surface area contributed by atoms with Crippen molar-refractivity contribution in [2.45, 2.75) is 32.0 Å². The van der Waals surface area contributed by atoms with Gasteiger partial charge in [0.15, 0.2) is 5.69 Å². The van der Waals surface area contributed by atoms with Crippen molar-refractivity contribution < 1.29 is 13.2 Å². The van der Waals surface area contributed by atoms with Gasteiger partial charge in [-0.25, -0.2) is 0 Å². The van der Waals surface area contributed by atoms with Crippen molar-refractivity contribution in [1.29, 1.82) is 0 Å². The molecule has 1 heterocycles. The molecule has 0 fully saturated rings. The molecule has 0 atom stereocenters. The van der Waals surface area contributed by atoms with E-state index in [1.54, 1.807) is 0 Å². The number of hydrogen-bond donors (Lipinski definition) is 1. The predicted octanol–water partition coefficient (Wildman–Crippen LogP) is 2.03. The van der Waals surface area contributed by atoms with E-state index in [4.69, 9.17) is 5.73 Å². The number of aryl methyl sites for hydroxylation is 1. The van der Waals surface area contributed by atoms with Crippen LogP contribution in [0.25, 0.3) is 0 Å². The molecule has 0 radical (unpaired) electrons. The van der Waals surface area contributed by atoms with E-state index in [0.29, 0.717) is 13.1 Å². The number of unbranched alkanes of at least 4 members (excludes halogenated alkanes) is 2. The Kier molecular flexibility index (Phi) is 4.14. The highest BCUT2D eigenvalue weighted by Crippen LogP contribution is 2.27. The van der Waals surface area contributed by atoms with Gasteiger partial charge in [0.1, 0.15) is 0 Å². The van der Waals surface area contributed by atoms with Gasteiger partial charge in [-0.1, -0.05) is 6.42 Å². The molecule has 0 aliphatic rings. The van der Waals surface area contributed by atoms with E-state index in [9.17, 15) is 13.2 Å². The first-order valence-corrected chi connectivity index (χ1v) is 4.85. The number of alkyl halides is 3. The second kappa shape index (κ2) is 5.16. The van der Waals surface area contributed by atoms with Crippen LogP contribution in [0, 0.1) is 0 Å². The maximum Gasteiger partial charge on any atom is 0.435 e. The second-order valence-electron chi connectivity index (χ2n) is 3.31. The molecule has 3 nitrogen and oxygen atoms in total. The van der Waals surface area contributed by atoms with Gasteiger partial charge in [0.05, 0.1) is 0 Å².